The molecule has 0 saturated heterocycles. The number of aryl methyl sites for hydroxylation is 1. The van der Waals surface area contributed by atoms with E-state index < -0.39 is 0 Å². The van der Waals surface area contributed by atoms with Crippen LogP contribution in [0.15, 0.2) is 52.9 Å². The molecule has 0 saturated carbocycles. The fourth-order valence-electron chi connectivity index (χ4n) is 2.17. The van der Waals surface area contributed by atoms with Gasteiger partial charge in [-0.05, 0) is 50.2 Å². The molecule has 2 aromatic carbocycles. The van der Waals surface area contributed by atoms with Crippen molar-refractivity contribution in [2.75, 3.05) is 24.3 Å². The van der Waals surface area contributed by atoms with Gasteiger partial charge < -0.3 is 14.8 Å². The molecule has 0 fully saturated rings. The molecule has 0 aliphatic rings. The maximum absolute atomic E-state index is 5.74. The predicted molar refractivity (Wildman–Crippen MR) is 108 cm³/mol. The Morgan fingerprint density at radius 2 is 1.65 bits per heavy atom. The van der Waals surface area contributed by atoms with E-state index in [0.29, 0.717) is 13.2 Å². The Kier molecular flexibility index (Phi) is 6.74. The summed E-state index contributed by atoms with van der Waals surface area (Å²) < 4.78 is 12.1. The van der Waals surface area contributed by atoms with E-state index in [1.807, 2.05) is 43.3 Å². The second kappa shape index (κ2) is 9.45. The highest BCUT2D eigenvalue weighted by Gasteiger charge is 2.05. The van der Waals surface area contributed by atoms with Crippen molar-refractivity contribution in [1.82, 2.24) is 10.2 Å². The molecule has 1 aromatic heterocycles. The molecule has 1 N–H and O–H groups in total. The fourth-order valence-corrected chi connectivity index (χ4v) is 3.83. The van der Waals surface area contributed by atoms with Crippen LogP contribution in [0.3, 0.4) is 0 Å². The largest absolute Gasteiger partial charge is 0.494 e. The zero-order valence-electron chi connectivity index (χ0n) is 14.8. The smallest absolute Gasteiger partial charge is 0.210 e. The normalized spacial score (nSPS) is 10.5. The highest BCUT2D eigenvalue weighted by molar-refractivity contribution is 8.01. The molecule has 3 rings (SSSR count). The van der Waals surface area contributed by atoms with Crippen LogP contribution in [0.1, 0.15) is 12.5 Å². The van der Waals surface area contributed by atoms with Crippen molar-refractivity contribution in [3.8, 4) is 11.5 Å². The van der Waals surface area contributed by atoms with Gasteiger partial charge in [0, 0.05) is 11.4 Å². The first kappa shape index (κ1) is 18.5. The Hall–Kier alpha value is -2.25. The number of rotatable bonds is 9. The van der Waals surface area contributed by atoms with Crippen LogP contribution in [0.25, 0.3) is 0 Å². The zero-order chi connectivity index (χ0) is 18.2. The van der Waals surface area contributed by atoms with Gasteiger partial charge in [0.1, 0.15) is 11.5 Å². The molecule has 26 heavy (non-hydrogen) atoms. The summed E-state index contributed by atoms with van der Waals surface area (Å²) >= 11 is 3.18. The molecule has 0 aliphatic carbocycles. The number of nitrogens with one attached hydrogen (secondary N) is 1. The minimum Gasteiger partial charge on any atom is -0.494 e. The van der Waals surface area contributed by atoms with E-state index in [2.05, 4.69) is 34.6 Å². The van der Waals surface area contributed by atoms with Crippen molar-refractivity contribution < 1.29 is 9.47 Å². The van der Waals surface area contributed by atoms with Crippen molar-refractivity contribution in [3.05, 3.63) is 54.1 Å². The molecule has 0 spiro atoms. The first-order valence-electron chi connectivity index (χ1n) is 8.38. The topological polar surface area (TPSA) is 56.3 Å². The molecular formula is C19H21N3O2S2. The van der Waals surface area contributed by atoms with Crippen molar-refractivity contribution in [3.63, 3.8) is 0 Å². The van der Waals surface area contributed by atoms with E-state index in [9.17, 15) is 0 Å². The molecule has 0 radical (unpaired) electrons. The monoisotopic (exact) mass is 387 g/mol. The quantitative estimate of drug-likeness (QED) is 0.404. The van der Waals surface area contributed by atoms with Crippen molar-refractivity contribution in [2.45, 2.75) is 18.2 Å². The molecule has 0 amide bonds. The predicted octanol–water partition coefficient (Wildman–Crippen LogP) is 5.16. The highest BCUT2D eigenvalue weighted by Crippen LogP contribution is 2.27. The van der Waals surface area contributed by atoms with Crippen LogP contribution in [0.2, 0.25) is 0 Å². The van der Waals surface area contributed by atoms with Crippen molar-refractivity contribution in [2.24, 2.45) is 0 Å². The molecular weight excluding hydrogens is 366 g/mol. The van der Waals surface area contributed by atoms with Gasteiger partial charge in [0.25, 0.3) is 0 Å². The van der Waals surface area contributed by atoms with Crippen LogP contribution < -0.4 is 14.8 Å². The summed E-state index contributed by atoms with van der Waals surface area (Å²) in [5, 5.41) is 12.5. The number of thioether (sulfide) groups is 1. The highest BCUT2D eigenvalue weighted by atomic mass is 32.2. The number of hydrogen-bond donors (Lipinski definition) is 1. The zero-order valence-corrected chi connectivity index (χ0v) is 16.4. The number of hydrogen-bond acceptors (Lipinski definition) is 7. The van der Waals surface area contributed by atoms with E-state index >= 15 is 0 Å². The number of aromatic nitrogens is 2. The molecule has 0 atom stereocenters. The van der Waals surface area contributed by atoms with E-state index in [1.54, 1.807) is 23.1 Å². The number of nitrogens with zero attached hydrogens (tertiary/aromatic N) is 2. The Balaban J connectivity index is 1.41. The van der Waals surface area contributed by atoms with Crippen LogP contribution >= 0.6 is 23.1 Å². The van der Waals surface area contributed by atoms with E-state index in [1.165, 1.54) is 5.56 Å². The molecule has 3 aromatic rings. The maximum atomic E-state index is 5.74. The standard InChI is InChI=1S/C19H21N3O2S2/c1-3-23-16-8-10-17(11-9-16)24-12-13-25-19-22-21-18(26-19)20-15-6-4-14(2)5-7-15/h4-11H,3,12-13H2,1-2H3,(H,20,21). The average molecular weight is 388 g/mol. The van der Waals surface area contributed by atoms with Gasteiger partial charge in [-0.25, -0.2) is 0 Å². The van der Waals surface area contributed by atoms with Crippen LogP contribution in [0.5, 0.6) is 11.5 Å². The van der Waals surface area contributed by atoms with E-state index in [-0.39, 0.29) is 0 Å². The van der Waals surface area contributed by atoms with Gasteiger partial charge in [0.2, 0.25) is 5.13 Å². The Labute approximate surface area is 161 Å². The lowest BCUT2D eigenvalue weighted by Crippen LogP contribution is -2.00. The first-order chi connectivity index (χ1) is 12.7. The minimum absolute atomic E-state index is 0.610. The third kappa shape index (κ3) is 5.64. The van der Waals surface area contributed by atoms with Crippen LogP contribution in [-0.4, -0.2) is 29.2 Å². The minimum atomic E-state index is 0.610. The molecule has 136 valence electrons. The Morgan fingerprint density at radius 3 is 2.35 bits per heavy atom. The van der Waals surface area contributed by atoms with Gasteiger partial charge >= 0.3 is 0 Å². The third-order valence-corrected chi connectivity index (χ3v) is 5.36. The van der Waals surface area contributed by atoms with E-state index in [4.69, 9.17) is 9.47 Å². The fraction of sp³-hybridized carbons (Fsp3) is 0.263. The second-order valence-electron chi connectivity index (χ2n) is 5.47. The summed E-state index contributed by atoms with van der Waals surface area (Å²) in [6.45, 7) is 5.31. The molecule has 7 heteroatoms. The van der Waals surface area contributed by atoms with Crippen LogP contribution in [0.4, 0.5) is 10.8 Å². The van der Waals surface area contributed by atoms with Crippen molar-refractivity contribution >= 4 is 33.9 Å². The molecule has 5 nitrogen and oxygen atoms in total. The summed E-state index contributed by atoms with van der Waals surface area (Å²) in [7, 11) is 0. The van der Waals surface area contributed by atoms with Gasteiger partial charge in [0.15, 0.2) is 4.34 Å². The van der Waals surface area contributed by atoms with Gasteiger partial charge in [0.05, 0.1) is 13.2 Å². The molecule has 0 bridgehead atoms. The lowest BCUT2D eigenvalue weighted by atomic mass is 10.2. The van der Waals surface area contributed by atoms with Gasteiger partial charge in [-0.2, -0.15) is 0 Å². The SMILES string of the molecule is CCOc1ccc(OCCSc2nnc(Nc3ccc(C)cc3)s2)cc1. The average Bonchev–Trinajstić information content (AvgIpc) is 3.10. The van der Waals surface area contributed by atoms with Crippen LogP contribution in [0, 0.1) is 6.92 Å². The van der Waals surface area contributed by atoms with E-state index in [0.717, 1.165) is 32.4 Å². The summed E-state index contributed by atoms with van der Waals surface area (Å²) in [5.74, 6) is 2.51. The molecule has 0 unspecified atom stereocenters. The van der Waals surface area contributed by atoms with Gasteiger partial charge in [-0.3, -0.25) is 0 Å². The Bertz CT molecular complexity index is 804. The summed E-state index contributed by atoms with van der Waals surface area (Å²) in [6, 6.07) is 15.9. The Morgan fingerprint density at radius 1 is 0.962 bits per heavy atom. The molecule has 1 heterocycles. The lowest BCUT2D eigenvalue weighted by Gasteiger charge is -2.06. The number of ether oxygens (including phenoxy) is 2. The summed E-state index contributed by atoms with van der Waals surface area (Å²) in [4.78, 5) is 0. The van der Waals surface area contributed by atoms with Crippen molar-refractivity contribution in [1.29, 1.82) is 0 Å². The lowest BCUT2D eigenvalue weighted by molar-refractivity contribution is 0.332. The molecule has 0 aliphatic heterocycles. The maximum Gasteiger partial charge on any atom is 0.210 e. The third-order valence-electron chi connectivity index (χ3n) is 3.42. The number of anilines is 2. The second-order valence-corrected chi connectivity index (χ2v) is 7.79. The van der Waals surface area contributed by atoms with Gasteiger partial charge in [-0.15, -0.1) is 10.2 Å². The summed E-state index contributed by atoms with van der Waals surface area (Å²) in [5.41, 5.74) is 2.25. The summed E-state index contributed by atoms with van der Waals surface area (Å²) in [6.07, 6.45) is 0. The van der Waals surface area contributed by atoms with Gasteiger partial charge in [-0.1, -0.05) is 40.8 Å². The first-order valence-corrected chi connectivity index (χ1v) is 10.2. The van der Waals surface area contributed by atoms with Crippen LogP contribution in [-0.2, 0) is 0 Å². The number of benzene rings is 2.